The van der Waals surface area contributed by atoms with E-state index < -0.39 is 0 Å². The zero-order valence-electron chi connectivity index (χ0n) is 12.6. The summed E-state index contributed by atoms with van der Waals surface area (Å²) in [5.74, 6) is -0.0710. The van der Waals surface area contributed by atoms with Crippen LogP contribution in [-0.4, -0.2) is 18.0 Å². The van der Waals surface area contributed by atoms with Gasteiger partial charge in [-0.3, -0.25) is 4.90 Å². The van der Waals surface area contributed by atoms with Crippen LogP contribution in [0.25, 0.3) is 0 Å². The Labute approximate surface area is 122 Å². The fraction of sp³-hybridized carbons (Fsp3) is 0.667. The maximum absolute atomic E-state index is 13.6. The summed E-state index contributed by atoms with van der Waals surface area (Å²) < 4.78 is 13.6. The van der Waals surface area contributed by atoms with Crippen LogP contribution in [0.2, 0.25) is 0 Å². The number of piperidine rings is 1. The Morgan fingerprint density at radius 3 is 2.25 bits per heavy atom. The van der Waals surface area contributed by atoms with E-state index in [1.807, 2.05) is 13.0 Å². The Morgan fingerprint density at radius 2 is 1.60 bits per heavy atom. The molecule has 0 aromatic heterocycles. The van der Waals surface area contributed by atoms with Crippen molar-refractivity contribution in [1.82, 2.24) is 4.90 Å². The van der Waals surface area contributed by atoms with Crippen LogP contribution < -0.4 is 0 Å². The van der Waals surface area contributed by atoms with Gasteiger partial charge in [-0.2, -0.15) is 0 Å². The molecule has 2 aliphatic rings. The lowest BCUT2D eigenvalue weighted by molar-refractivity contribution is 0.0302. The minimum Gasteiger partial charge on any atom is -0.294 e. The molecule has 0 radical (unpaired) electrons. The lowest BCUT2D eigenvalue weighted by Crippen LogP contribution is -2.49. The van der Waals surface area contributed by atoms with Crippen LogP contribution in [0.5, 0.6) is 0 Å². The number of benzene rings is 1. The fourth-order valence-electron chi connectivity index (χ4n) is 4.18. The molecule has 0 spiro atoms. The lowest BCUT2D eigenvalue weighted by atomic mass is 9.74. The van der Waals surface area contributed by atoms with Gasteiger partial charge in [0.15, 0.2) is 0 Å². The van der Waals surface area contributed by atoms with Crippen molar-refractivity contribution in [3.63, 3.8) is 0 Å². The maximum atomic E-state index is 13.6. The molecular weight excluding hydrogens is 249 g/mol. The molecule has 110 valence electrons. The standard InChI is InChI=1S/C18H26FN/c1-15-14-16(8-9-17(15)19)18(10-4-2-5-11-18)20-12-6-3-7-13-20/h8-9,14H,2-7,10-13H2,1H3. The number of halogens is 1. The van der Waals surface area contributed by atoms with Gasteiger partial charge in [-0.15, -0.1) is 0 Å². The van der Waals surface area contributed by atoms with E-state index in [2.05, 4.69) is 11.0 Å². The molecule has 1 nitrogen and oxygen atoms in total. The topological polar surface area (TPSA) is 3.24 Å². The van der Waals surface area contributed by atoms with Gasteiger partial charge in [-0.25, -0.2) is 4.39 Å². The highest BCUT2D eigenvalue weighted by molar-refractivity contribution is 5.31. The van der Waals surface area contributed by atoms with E-state index in [9.17, 15) is 4.39 Å². The van der Waals surface area contributed by atoms with E-state index >= 15 is 0 Å². The summed E-state index contributed by atoms with van der Waals surface area (Å²) in [4.78, 5) is 2.71. The van der Waals surface area contributed by atoms with Gasteiger partial charge in [0.2, 0.25) is 0 Å². The van der Waals surface area contributed by atoms with Crippen LogP contribution in [0.15, 0.2) is 18.2 Å². The third-order valence-corrected chi connectivity index (χ3v) is 5.34. The molecule has 0 bridgehead atoms. The van der Waals surface area contributed by atoms with Crippen molar-refractivity contribution < 1.29 is 4.39 Å². The monoisotopic (exact) mass is 275 g/mol. The van der Waals surface area contributed by atoms with Gasteiger partial charge >= 0.3 is 0 Å². The lowest BCUT2D eigenvalue weighted by Gasteiger charge is -2.49. The van der Waals surface area contributed by atoms with Gasteiger partial charge in [0.05, 0.1) is 0 Å². The first-order valence-electron chi connectivity index (χ1n) is 8.24. The molecule has 1 aliphatic heterocycles. The van der Waals surface area contributed by atoms with Crippen LogP contribution in [0.1, 0.15) is 62.5 Å². The molecule has 1 aromatic carbocycles. The molecule has 20 heavy (non-hydrogen) atoms. The minimum atomic E-state index is -0.0710. The van der Waals surface area contributed by atoms with Gasteiger partial charge in [0, 0.05) is 5.54 Å². The van der Waals surface area contributed by atoms with E-state index in [1.54, 1.807) is 6.07 Å². The minimum absolute atomic E-state index is 0.0710. The third-order valence-electron chi connectivity index (χ3n) is 5.34. The molecule has 1 aliphatic carbocycles. The second-order valence-corrected chi connectivity index (χ2v) is 6.60. The number of aryl methyl sites for hydroxylation is 1. The van der Waals surface area contributed by atoms with E-state index in [0.717, 1.165) is 5.56 Å². The van der Waals surface area contributed by atoms with Gasteiger partial charge < -0.3 is 0 Å². The zero-order valence-corrected chi connectivity index (χ0v) is 12.6. The Bertz CT molecular complexity index is 456. The number of hydrogen-bond donors (Lipinski definition) is 0. The Kier molecular flexibility index (Phi) is 4.11. The average Bonchev–Trinajstić information content (AvgIpc) is 2.51. The summed E-state index contributed by atoms with van der Waals surface area (Å²) in [7, 11) is 0. The molecule has 2 fully saturated rings. The molecular formula is C18H26FN. The molecule has 0 atom stereocenters. The summed E-state index contributed by atoms with van der Waals surface area (Å²) in [6.07, 6.45) is 10.5. The number of likely N-dealkylation sites (tertiary alicyclic amines) is 1. The summed E-state index contributed by atoms with van der Waals surface area (Å²) >= 11 is 0. The van der Waals surface area contributed by atoms with E-state index in [-0.39, 0.29) is 11.4 Å². The first-order valence-corrected chi connectivity index (χ1v) is 8.24. The normalized spacial score (nSPS) is 23.7. The van der Waals surface area contributed by atoms with Crippen molar-refractivity contribution in [2.75, 3.05) is 13.1 Å². The van der Waals surface area contributed by atoms with Gasteiger partial charge in [0.25, 0.3) is 0 Å². The predicted octanol–water partition coefficient (Wildman–Crippen LogP) is 4.78. The van der Waals surface area contributed by atoms with E-state index in [4.69, 9.17) is 0 Å². The largest absolute Gasteiger partial charge is 0.294 e. The van der Waals surface area contributed by atoms with Crippen molar-refractivity contribution in [2.45, 2.75) is 63.8 Å². The van der Waals surface area contributed by atoms with Gasteiger partial charge in [-0.1, -0.05) is 37.8 Å². The maximum Gasteiger partial charge on any atom is 0.126 e. The second-order valence-electron chi connectivity index (χ2n) is 6.60. The SMILES string of the molecule is Cc1cc(C2(N3CCCCC3)CCCCC2)ccc1F. The first-order chi connectivity index (χ1) is 9.72. The molecule has 0 N–H and O–H groups in total. The fourth-order valence-corrected chi connectivity index (χ4v) is 4.18. The molecule has 3 rings (SSSR count). The molecule has 1 saturated carbocycles. The second kappa shape index (κ2) is 5.85. The van der Waals surface area contributed by atoms with Crippen molar-refractivity contribution in [3.8, 4) is 0 Å². The average molecular weight is 275 g/mol. The Hall–Kier alpha value is -0.890. The van der Waals surface area contributed by atoms with Crippen LogP contribution in [-0.2, 0) is 5.54 Å². The van der Waals surface area contributed by atoms with Crippen molar-refractivity contribution in [1.29, 1.82) is 0 Å². The summed E-state index contributed by atoms with van der Waals surface area (Å²) in [5.41, 5.74) is 2.35. The highest BCUT2D eigenvalue weighted by Crippen LogP contribution is 2.43. The smallest absolute Gasteiger partial charge is 0.126 e. The van der Waals surface area contributed by atoms with Gasteiger partial charge in [0.1, 0.15) is 5.82 Å². The van der Waals surface area contributed by atoms with Crippen LogP contribution in [0.3, 0.4) is 0 Å². The third kappa shape index (κ3) is 2.50. The highest BCUT2D eigenvalue weighted by atomic mass is 19.1. The van der Waals surface area contributed by atoms with E-state index in [0.29, 0.717) is 0 Å². The number of hydrogen-bond acceptors (Lipinski definition) is 1. The molecule has 1 heterocycles. The Balaban J connectivity index is 1.97. The van der Waals surface area contributed by atoms with Crippen LogP contribution in [0, 0.1) is 12.7 Å². The number of rotatable bonds is 2. The molecule has 0 amide bonds. The summed E-state index contributed by atoms with van der Waals surface area (Å²) in [6.45, 7) is 4.33. The first kappa shape index (κ1) is 14.1. The van der Waals surface area contributed by atoms with Crippen molar-refractivity contribution in [3.05, 3.63) is 35.1 Å². The molecule has 2 heteroatoms. The predicted molar refractivity (Wildman–Crippen MR) is 81.3 cm³/mol. The zero-order chi connectivity index (χ0) is 14.0. The molecule has 1 aromatic rings. The van der Waals surface area contributed by atoms with Crippen molar-refractivity contribution >= 4 is 0 Å². The highest BCUT2D eigenvalue weighted by Gasteiger charge is 2.39. The van der Waals surface area contributed by atoms with Crippen LogP contribution in [0.4, 0.5) is 4.39 Å². The van der Waals surface area contributed by atoms with E-state index in [1.165, 1.54) is 70.0 Å². The number of nitrogens with zero attached hydrogens (tertiary/aromatic N) is 1. The molecule has 1 saturated heterocycles. The van der Waals surface area contributed by atoms with Crippen molar-refractivity contribution in [2.24, 2.45) is 0 Å². The Morgan fingerprint density at radius 1 is 0.950 bits per heavy atom. The quantitative estimate of drug-likeness (QED) is 0.751. The summed E-state index contributed by atoms with van der Waals surface area (Å²) in [6, 6.07) is 5.82. The van der Waals surface area contributed by atoms with Crippen LogP contribution >= 0.6 is 0 Å². The molecule has 0 unspecified atom stereocenters. The van der Waals surface area contributed by atoms with Gasteiger partial charge in [-0.05, 0) is 62.9 Å². The summed E-state index contributed by atoms with van der Waals surface area (Å²) in [5, 5.41) is 0.